The van der Waals surface area contributed by atoms with Gasteiger partial charge in [-0.05, 0) is 36.1 Å². The molecule has 1 aromatic heterocycles. The first kappa shape index (κ1) is 14.5. The molecule has 0 fully saturated rings. The number of hydrogen-bond acceptors (Lipinski definition) is 3. The Morgan fingerprint density at radius 2 is 1.96 bits per heavy atom. The van der Waals surface area contributed by atoms with E-state index < -0.39 is 0 Å². The van der Waals surface area contributed by atoms with Crippen LogP contribution in [-0.4, -0.2) is 4.98 Å². The molecule has 0 aliphatic heterocycles. The monoisotopic (exact) mass is 324 g/mol. The number of rotatable bonds is 4. The Kier molecular flexibility index (Phi) is 3.90. The molecule has 23 heavy (non-hydrogen) atoms. The maximum Gasteiger partial charge on any atom is 0.227 e. The molecule has 3 nitrogen and oxygen atoms in total. The molecule has 1 heterocycles. The summed E-state index contributed by atoms with van der Waals surface area (Å²) < 4.78 is 5.58. The van der Waals surface area contributed by atoms with Crippen LogP contribution in [0.3, 0.4) is 0 Å². The van der Waals surface area contributed by atoms with Crippen molar-refractivity contribution in [1.82, 2.24) is 10.3 Å². The molecule has 0 bridgehead atoms. The smallest absolute Gasteiger partial charge is 0.227 e. The van der Waals surface area contributed by atoms with Crippen LogP contribution in [0.1, 0.15) is 29.3 Å². The molecule has 0 amide bonds. The summed E-state index contributed by atoms with van der Waals surface area (Å²) >= 11 is 6.19. The minimum atomic E-state index is 0.395. The minimum Gasteiger partial charge on any atom is -0.444 e. The fourth-order valence-electron chi connectivity index (χ4n) is 3.14. The largest absolute Gasteiger partial charge is 0.444 e. The number of halogens is 1. The summed E-state index contributed by atoms with van der Waals surface area (Å²) in [6.45, 7) is 0.687. The van der Waals surface area contributed by atoms with Gasteiger partial charge in [0, 0.05) is 12.6 Å². The molecule has 0 saturated heterocycles. The zero-order chi connectivity index (χ0) is 15.6. The van der Waals surface area contributed by atoms with Crippen LogP contribution >= 0.6 is 11.6 Å². The topological polar surface area (TPSA) is 38.1 Å². The molecule has 3 aromatic rings. The summed E-state index contributed by atoms with van der Waals surface area (Å²) in [7, 11) is 0. The third kappa shape index (κ3) is 2.90. The van der Waals surface area contributed by atoms with Crippen molar-refractivity contribution < 1.29 is 4.42 Å². The highest BCUT2D eigenvalue weighted by molar-refractivity contribution is 6.33. The fourth-order valence-corrected chi connectivity index (χ4v) is 3.36. The Hall–Kier alpha value is -2.10. The molecule has 1 N–H and O–H groups in total. The fraction of sp³-hybridized carbons (Fsp3) is 0.211. The van der Waals surface area contributed by atoms with E-state index >= 15 is 0 Å². The van der Waals surface area contributed by atoms with Crippen LogP contribution in [0.4, 0.5) is 0 Å². The average molecular weight is 325 g/mol. The normalized spacial score (nSPS) is 16.5. The second-order valence-electron chi connectivity index (χ2n) is 5.79. The molecule has 2 aromatic carbocycles. The molecule has 1 aliphatic rings. The lowest BCUT2D eigenvalue weighted by molar-refractivity contribution is 0.521. The quantitative estimate of drug-likeness (QED) is 0.751. The molecule has 0 radical (unpaired) electrons. The van der Waals surface area contributed by atoms with E-state index in [1.165, 1.54) is 11.1 Å². The number of nitrogens with one attached hydrogen (secondary N) is 1. The van der Waals surface area contributed by atoms with Crippen molar-refractivity contribution in [3.63, 3.8) is 0 Å². The van der Waals surface area contributed by atoms with E-state index in [-0.39, 0.29) is 0 Å². The zero-order valence-corrected chi connectivity index (χ0v) is 13.4. The number of hydrogen-bond donors (Lipinski definition) is 1. The lowest BCUT2D eigenvalue weighted by atomic mass is 10.1. The molecule has 0 saturated carbocycles. The summed E-state index contributed by atoms with van der Waals surface area (Å²) in [6.07, 6.45) is 3.97. The maximum atomic E-state index is 6.19. The van der Waals surface area contributed by atoms with E-state index in [4.69, 9.17) is 16.0 Å². The van der Waals surface area contributed by atoms with E-state index in [1.54, 1.807) is 6.26 Å². The van der Waals surface area contributed by atoms with Gasteiger partial charge in [0.1, 0.15) is 6.26 Å². The number of fused-ring (bicyclic) bond motifs is 1. The molecule has 0 spiro atoms. The first-order valence-electron chi connectivity index (χ1n) is 7.82. The zero-order valence-electron chi connectivity index (χ0n) is 12.6. The van der Waals surface area contributed by atoms with Gasteiger partial charge in [-0.2, -0.15) is 0 Å². The van der Waals surface area contributed by atoms with Crippen LogP contribution in [0, 0.1) is 0 Å². The summed E-state index contributed by atoms with van der Waals surface area (Å²) in [5.74, 6) is 0.569. The first-order valence-corrected chi connectivity index (χ1v) is 8.19. The van der Waals surface area contributed by atoms with Crippen LogP contribution in [0.25, 0.3) is 11.5 Å². The molecular formula is C19H17ClN2O. The second-order valence-corrected chi connectivity index (χ2v) is 6.20. The van der Waals surface area contributed by atoms with Gasteiger partial charge < -0.3 is 9.73 Å². The second kappa shape index (κ2) is 6.19. The molecule has 1 atom stereocenters. The maximum absolute atomic E-state index is 6.19. The van der Waals surface area contributed by atoms with Crippen LogP contribution in [-0.2, 0) is 13.0 Å². The standard InChI is InChI=1S/C19H17ClN2O/c20-17-8-4-3-7-16(17)19-22-14(12-23-19)11-21-18-10-9-13-5-1-2-6-15(13)18/h1-8,12,18,21H,9-11H2. The minimum absolute atomic E-state index is 0.395. The van der Waals surface area contributed by atoms with E-state index in [0.29, 0.717) is 23.5 Å². The molecular weight excluding hydrogens is 308 g/mol. The van der Waals surface area contributed by atoms with E-state index in [2.05, 4.69) is 34.6 Å². The van der Waals surface area contributed by atoms with Crippen molar-refractivity contribution in [3.8, 4) is 11.5 Å². The number of nitrogens with zero attached hydrogens (tertiary/aromatic N) is 1. The van der Waals surface area contributed by atoms with Crippen LogP contribution in [0.2, 0.25) is 5.02 Å². The van der Waals surface area contributed by atoms with Gasteiger partial charge in [-0.15, -0.1) is 0 Å². The van der Waals surface area contributed by atoms with E-state index in [0.717, 1.165) is 24.1 Å². The molecule has 1 unspecified atom stereocenters. The highest BCUT2D eigenvalue weighted by Gasteiger charge is 2.21. The van der Waals surface area contributed by atoms with E-state index in [1.807, 2.05) is 24.3 Å². The predicted octanol–water partition coefficient (Wildman–Crippen LogP) is 4.77. The Morgan fingerprint density at radius 3 is 2.87 bits per heavy atom. The summed E-state index contributed by atoms with van der Waals surface area (Å²) in [4.78, 5) is 4.54. The number of aromatic nitrogens is 1. The average Bonchev–Trinajstić information content (AvgIpc) is 3.20. The van der Waals surface area contributed by atoms with Gasteiger partial charge >= 0.3 is 0 Å². The SMILES string of the molecule is Clc1ccccc1-c1nc(CNC2CCc3ccccc32)co1. The van der Waals surface area contributed by atoms with Crippen molar-refractivity contribution in [2.75, 3.05) is 0 Å². The summed E-state index contributed by atoms with van der Waals surface area (Å²) in [5, 5.41) is 4.23. The van der Waals surface area contributed by atoms with Gasteiger partial charge in [-0.1, -0.05) is 48.0 Å². The highest BCUT2D eigenvalue weighted by Crippen LogP contribution is 2.31. The molecule has 116 valence electrons. The number of aryl methyl sites for hydroxylation is 1. The van der Waals surface area contributed by atoms with Crippen molar-refractivity contribution in [3.05, 3.63) is 76.6 Å². The predicted molar refractivity (Wildman–Crippen MR) is 91.3 cm³/mol. The Bertz CT molecular complexity index is 827. The van der Waals surface area contributed by atoms with Crippen molar-refractivity contribution in [1.29, 1.82) is 0 Å². The van der Waals surface area contributed by atoms with Gasteiger partial charge in [-0.25, -0.2) is 4.98 Å². The van der Waals surface area contributed by atoms with Crippen molar-refractivity contribution >= 4 is 11.6 Å². The lowest BCUT2D eigenvalue weighted by Crippen LogP contribution is -2.18. The van der Waals surface area contributed by atoms with Gasteiger partial charge in [-0.3, -0.25) is 0 Å². The third-order valence-corrected chi connectivity index (χ3v) is 4.65. The van der Waals surface area contributed by atoms with Crippen molar-refractivity contribution in [2.45, 2.75) is 25.4 Å². The first-order chi connectivity index (χ1) is 11.3. The molecule has 4 heteroatoms. The van der Waals surface area contributed by atoms with Crippen LogP contribution < -0.4 is 5.32 Å². The summed E-state index contributed by atoms with van der Waals surface area (Å²) in [6, 6.07) is 16.6. The number of oxazole rings is 1. The molecule has 4 rings (SSSR count). The van der Waals surface area contributed by atoms with Gasteiger partial charge in [0.05, 0.1) is 16.3 Å². The third-order valence-electron chi connectivity index (χ3n) is 4.32. The Labute approximate surface area is 140 Å². The Balaban J connectivity index is 1.46. The van der Waals surface area contributed by atoms with Gasteiger partial charge in [0.25, 0.3) is 0 Å². The van der Waals surface area contributed by atoms with E-state index in [9.17, 15) is 0 Å². The van der Waals surface area contributed by atoms with Crippen LogP contribution in [0.5, 0.6) is 0 Å². The Morgan fingerprint density at radius 1 is 1.13 bits per heavy atom. The van der Waals surface area contributed by atoms with Crippen LogP contribution in [0.15, 0.2) is 59.2 Å². The van der Waals surface area contributed by atoms with Crippen molar-refractivity contribution in [2.24, 2.45) is 0 Å². The van der Waals surface area contributed by atoms with Gasteiger partial charge in [0.15, 0.2) is 0 Å². The lowest BCUT2D eigenvalue weighted by Gasteiger charge is -2.12. The highest BCUT2D eigenvalue weighted by atomic mass is 35.5. The molecule has 1 aliphatic carbocycles. The van der Waals surface area contributed by atoms with Gasteiger partial charge in [0.2, 0.25) is 5.89 Å². The summed E-state index contributed by atoms with van der Waals surface area (Å²) in [5.41, 5.74) is 4.57. The number of benzene rings is 2.